The first-order valence-electron chi connectivity index (χ1n) is 4.96. The number of halogens is 1. The van der Waals surface area contributed by atoms with Gasteiger partial charge >= 0.3 is 0 Å². The average Bonchev–Trinajstić information content (AvgIpc) is 2.29. The van der Waals surface area contributed by atoms with E-state index in [0.29, 0.717) is 0 Å². The van der Waals surface area contributed by atoms with Gasteiger partial charge in [-0.2, -0.15) is 0 Å². The summed E-state index contributed by atoms with van der Waals surface area (Å²) in [6.07, 6.45) is 2.29. The minimum Gasteiger partial charge on any atom is -0.371 e. The second-order valence-electron chi connectivity index (χ2n) is 3.49. The molecule has 0 bridgehead atoms. The van der Waals surface area contributed by atoms with E-state index >= 15 is 0 Å². The molecule has 15 heavy (non-hydrogen) atoms. The molecule has 0 amide bonds. The van der Waals surface area contributed by atoms with E-state index < -0.39 is 0 Å². The molecule has 1 heterocycles. The highest BCUT2D eigenvalue weighted by Gasteiger charge is 2.16. The molecule has 0 aromatic heterocycles. The van der Waals surface area contributed by atoms with Crippen molar-refractivity contribution in [1.29, 1.82) is 0 Å². The van der Waals surface area contributed by atoms with Crippen LogP contribution < -0.4 is 5.32 Å². The van der Waals surface area contributed by atoms with Gasteiger partial charge in [-0.05, 0) is 30.0 Å². The predicted molar refractivity (Wildman–Crippen MR) is 67.5 cm³/mol. The van der Waals surface area contributed by atoms with Gasteiger partial charge in [0.05, 0.1) is 12.7 Å². The molecule has 82 valence electrons. The van der Waals surface area contributed by atoms with E-state index in [1.54, 1.807) is 11.8 Å². The summed E-state index contributed by atoms with van der Waals surface area (Å²) in [4.78, 5) is 1.27. The van der Waals surface area contributed by atoms with Crippen LogP contribution in [-0.2, 0) is 4.74 Å². The number of thioether (sulfide) groups is 1. The molecule has 2 rings (SSSR count). The van der Waals surface area contributed by atoms with Gasteiger partial charge in [-0.15, -0.1) is 11.8 Å². The predicted octanol–water partition coefficient (Wildman–Crippen LogP) is 2.83. The van der Waals surface area contributed by atoms with Crippen LogP contribution in [0.5, 0.6) is 0 Å². The van der Waals surface area contributed by atoms with Crippen molar-refractivity contribution in [2.75, 3.05) is 26.0 Å². The van der Waals surface area contributed by atoms with Gasteiger partial charge in [0.2, 0.25) is 0 Å². The summed E-state index contributed by atoms with van der Waals surface area (Å²) in [5.74, 6) is 0. The normalized spacial score (nSPS) is 21.6. The Kier molecular flexibility index (Phi) is 4.08. The van der Waals surface area contributed by atoms with Crippen molar-refractivity contribution in [3.63, 3.8) is 0 Å². The van der Waals surface area contributed by atoms with E-state index in [2.05, 4.69) is 45.7 Å². The van der Waals surface area contributed by atoms with Crippen molar-refractivity contribution in [1.82, 2.24) is 5.32 Å². The zero-order valence-corrected chi connectivity index (χ0v) is 11.0. The fourth-order valence-electron chi connectivity index (χ4n) is 1.67. The van der Waals surface area contributed by atoms with Crippen LogP contribution in [0.1, 0.15) is 11.7 Å². The average molecular weight is 288 g/mol. The number of nitrogens with one attached hydrogen (secondary N) is 1. The summed E-state index contributed by atoms with van der Waals surface area (Å²) in [7, 11) is 0. The van der Waals surface area contributed by atoms with Gasteiger partial charge in [0.1, 0.15) is 0 Å². The molecule has 0 aliphatic carbocycles. The van der Waals surface area contributed by atoms with Crippen molar-refractivity contribution < 1.29 is 4.74 Å². The lowest BCUT2D eigenvalue weighted by atomic mass is 10.1. The molecule has 1 aromatic rings. The Bertz CT molecular complexity index is 339. The summed E-state index contributed by atoms with van der Waals surface area (Å²) >= 11 is 5.29. The first-order valence-corrected chi connectivity index (χ1v) is 6.98. The SMILES string of the molecule is CSc1cc(Br)cc(C2CNCCO2)c1. The molecule has 4 heteroatoms. The molecule has 1 unspecified atom stereocenters. The maximum Gasteiger partial charge on any atom is 0.0950 e. The second-order valence-corrected chi connectivity index (χ2v) is 5.28. The molecule has 0 saturated carbocycles. The lowest BCUT2D eigenvalue weighted by Crippen LogP contribution is -2.33. The number of ether oxygens (including phenoxy) is 1. The van der Waals surface area contributed by atoms with Crippen molar-refractivity contribution in [2.45, 2.75) is 11.0 Å². The Labute approximate surface area is 103 Å². The van der Waals surface area contributed by atoms with Crippen LogP contribution >= 0.6 is 27.7 Å². The number of hydrogen-bond acceptors (Lipinski definition) is 3. The molecule has 0 spiro atoms. The van der Waals surface area contributed by atoms with Crippen molar-refractivity contribution >= 4 is 27.7 Å². The Morgan fingerprint density at radius 3 is 3.00 bits per heavy atom. The van der Waals surface area contributed by atoms with Crippen LogP contribution in [0.4, 0.5) is 0 Å². The van der Waals surface area contributed by atoms with Gasteiger partial charge in [0.15, 0.2) is 0 Å². The van der Waals surface area contributed by atoms with Gasteiger partial charge < -0.3 is 10.1 Å². The molecule has 1 fully saturated rings. The Hall–Kier alpha value is -0.0300. The van der Waals surface area contributed by atoms with Crippen molar-refractivity contribution in [3.8, 4) is 0 Å². The minimum absolute atomic E-state index is 0.196. The molecule has 1 aliphatic rings. The van der Waals surface area contributed by atoms with E-state index in [-0.39, 0.29) is 6.10 Å². The minimum atomic E-state index is 0.196. The number of benzene rings is 1. The number of hydrogen-bond donors (Lipinski definition) is 1. The highest BCUT2D eigenvalue weighted by molar-refractivity contribution is 9.10. The summed E-state index contributed by atoms with van der Waals surface area (Å²) < 4.78 is 6.85. The van der Waals surface area contributed by atoms with Gasteiger partial charge in [-0.3, -0.25) is 0 Å². The summed E-state index contributed by atoms with van der Waals surface area (Å²) in [6.45, 7) is 2.66. The van der Waals surface area contributed by atoms with Gasteiger partial charge in [-0.25, -0.2) is 0 Å². The third-order valence-electron chi connectivity index (χ3n) is 2.43. The summed E-state index contributed by atoms with van der Waals surface area (Å²) in [5.41, 5.74) is 1.25. The van der Waals surface area contributed by atoms with Crippen LogP contribution in [0.15, 0.2) is 27.6 Å². The lowest BCUT2D eigenvalue weighted by molar-refractivity contribution is 0.0275. The van der Waals surface area contributed by atoms with Gasteiger partial charge in [0.25, 0.3) is 0 Å². The molecular formula is C11H14BrNOS. The number of morpholine rings is 1. The first kappa shape index (κ1) is 11.5. The Morgan fingerprint density at radius 1 is 1.47 bits per heavy atom. The topological polar surface area (TPSA) is 21.3 Å². The second kappa shape index (κ2) is 5.34. The molecule has 1 N–H and O–H groups in total. The van der Waals surface area contributed by atoms with Crippen LogP contribution in [0.3, 0.4) is 0 Å². The zero-order chi connectivity index (χ0) is 10.7. The van der Waals surface area contributed by atoms with Crippen LogP contribution in [0.25, 0.3) is 0 Å². The molecule has 1 atom stereocenters. The molecule has 1 aromatic carbocycles. The Balaban J connectivity index is 2.22. The third-order valence-corrected chi connectivity index (χ3v) is 3.59. The van der Waals surface area contributed by atoms with E-state index in [4.69, 9.17) is 4.74 Å². The van der Waals surface area contributed by atoms with Crippen molar-refractivity contribution in [3.05, 3.63) is 28.2 Å². The smallest absolute Gasteiger partial charge is 0.0950 e. The van der Waals surface area contributed by atoms with Gasteiger partial charge in [-0.1, -0.05) is 15.9 Å². The standard InChI is InChI=1S/C11H14BrNOS/c1-15-10-5-8(4-9(12)6-10)11-7-13-2-3-14-11/h4-6,11,13H,2-3,7H2,1H3. The maximum atomic E-state index is 5.73. The maximum absolute atomic E-state index is 5.73. The molecule has 1 saturated heterocycles. The van der Waals surface area contributed by atoms with Gasteiger partial charge in [0, 0.05) is 22.5 Å². The van der Waals surface area contributed by atoms with Crippen LogP contribution in [0.2, 0.25) is 0 Å². The quantitative estimate of drug-likeness (QED) is 0.846. The third kappa shape index (κ3) is 2.97. The number of rotatable bonds is 2. The lowest BCUT2D eigenvalue weighted by Gasteiger charge is -2.24. The summed E-state index contributed by atoms with van der Waals surface area (Å²) in [6, 6.07) is 6.47. The molecule has 2 nitrogen and oxygen atoms in total. The monoisotopic (exact) mass is 287 g/mol. The summed E-state index contributed by atoms with van der Waals surface area (Å²) in [5, 5.41) is 3.34. The zero-order valence-electron chi connectivity index (χ0n) is 8.63. The highest BCUT2D eigenvalue weighted by Crippen LogP contribution is 2.27. The fraction of sp³-hybridized carbons (Fsp3) is 0.455. The highest BCUT2D eigenvalue weighted by atomic mass is 79.9. The van der Waals surface area contributed by atoms with E-state index in [9.17, 15) is 0 Å². The van der Waals surface area contributed by atoms with E-state index in [1.807, 2.05) is 0 Å². The van der Waals surface area contributed by atoms with Crippen LogP contribution in [0, 0.1) is 0 Å². The molecular weight excluding hydrogens is 274 g/mol. The fourth-order valence-corrected chi connectivity index (χ4v) is 2.83. The Morgan fingerprint density at radius 2 is 2.33 bits per heavy atom. The first-order chi connectivity index (χ1) is 7.29. The largest absolute Gasteiger partial charge is 0.371 e. The molecule has 0 radical (unpaired) electrons. The van der Waals surface area contributed by atoms with Crippen LogP contribution in [-0.4, -0.2) is 26.0 Å². The molecule has 1 aliphatic heterocycles. The van der Waals surface area contributed by atoms with E-state index in [0.717, 1.165) is 24.2 Å². The van der Waals surface area contributed by atoms with E-state index in [1.165, 1.54) is 10.5 Å². The van der Waals surface area contributed by atoms with Crippen molar-refractivity contribution in [2.24, 2.45) is 0 Å².